The summed E-state index contributed by atoms with van der Waals surface area (Å²) in [6.07, 6.45) is 7.17. The molecule has 2 aliphatic rings. The highest BCUT2D eigenvalue weighted by atomic mass is 14.7. The van der Waals surface area contributed by atoms with E-state index in [9.17, 15) is 0 Å². The van der Waals surface area contributed by atoms with Crippen LogP contribution < -0.4 is 5.73 Å². The largest absolute Gasteiger partial charge is 0.327 e. The molecule has 0 aromatic heterocycles. The van der Waals surface area contributed by atoms with Gasteiger partial charge >= 0.3 is 0 Å². The van der Waals surface area contributed by atoms with E-state index in [2.05, 4.69) is 20.8 Å². The van der Waals surface area contributed by atoms with Gasteiger partial charge in [0.25, 0.3) is 0 Å². The zero-order valence-corrected chi connectivity index (χ0v) is 9.92. The van der Waals surface area contributed by atoms with Crippen molar-refractivity contribution in [2.75, 3.05) is 0 Å². The number of nitrogens with two attached hydrogens (primary N) is 1. The molecule has 0 aromatic carbocycles. The van der Waals surface area contributed by atoms with Gasteiger partial charge in [0.2, 0.25) is 0 Å². The molecular weight excluding hydrogens is 170 g/mol. The minimum absolute atomic E-state index is 0.376. The molecule has 2 fully saturated rings. The number of rotatable bonds is 1. The van der Waals surface area contributed by atoms with Gasteiger partial charge < -0.3 is 5.73 Å². The zero-order valence-electron chi connectivity index (χ0n) is 9.92. The van der Waals surface area contributed by atoms with Crippen molar-refractivity contribution in [3.05, 3.63) is 0 Å². The third-order valence-corrected chi connectivity index (χ3v) is 4.75. The summed E-state index contributed by atoms with van der Waals surface area (Å²) in [5.41, 5.74) is 6.58. The zero-order chi connectivity index (χ0) is 10.3. The normalized spacial score (nSPS) is 50.1. The lowest BCUT2D eigenvalue weighted by molar-refractivity contribution is 0.0332. The van der Waals surface area contributed by atoms with Crippen molar-refractivity contribution < 1.29 is 0 Å². The number of hydrogen-bond donors (Lipinski definition) is 1. The average Bonchev–Trinajstić information content (AvgIpc) is 2.00. The van der Waals surface area contributed by atoms with Crippen molar-refractivity contribution >= 4 is 0 Å². The molecule has 82 valence electrons. The Bertz CT molecular complexity index is 191. The summed E-state index contributed by atoms with van der Waals surface area (Å²) in [5.74, 6) is 2.93. The first-order chi connectivity index (χ1) is 6.49. The summed E-state index contributed by atoms with van der Waals surface area (Å²) in [6.45, 7) is 7.03. The number of hydrogen-bond acceptors (Lipinski definition) is 1. The summed E-state index contributed by atoms with van der Waals surface area (Å²) < 4.78 is 0. The van der Waals surface area contributed by atoms with Gasteiger partial charge in [-0.05, 0) is 62.2 Å². The fourth-order valence-electron chi connectivity index (χ4n) is 4.01. The van der Waals surface area contributed by atoms with E-state index in [4.69, 9.17) is 5.73 Å². The Labute approximate surface area is 88.4 Å². The van der Waals surface area contributed by atoms with Gasteiger partial charge in [0.1, 0.15) is 0 Å². The molecule has 0 spiro atoms. The SMILES string of the molecule is CC1CC2CC(C1)CC(C)(C(C)N)C2. The van der Waals surface area contributed by atoms with Crippen LogP contribution in [0.15, 0.2) is 0 Å². The van der Waals surface area contributed by atoms with Crippen LogP contribution in [0.2, 0.25) is 0 Å². The molecule has 2 bridgehead atoms. The lowest BCUT2D eigenvalue weighted by atomic mass is 9.58. The monoisotopic (exact) mass is 195 g/mol. The molecule has 0 aromatic rings. The second-order valence-corrected chi connectivity index (χ2v) is 6.40. The van der Waals surface area contributed by atoms with Crippen LogP contribution in [0.4, 0.5) is 0 Å². The Morgan fingerprint density at radius 1 is 1.14 bits per heavy atom. The molecular formula is C13H25N. The van der Waals surface area contributed by atoms with Crippen LogP contribution in [-0.4, -0.2) is 6.04 Å². The third-order valence-electron chi connectivity index (χ3n) is 4.75. The van der Waals surface area contributed by atoms with E-state index >= 15 is 0 Å². The van der Waals surface area contributed by atoms with Crippen LogP contribution in [0.25, 0.3) is 0 Å². The molecule has 2 aliphatic carbocycles. The fourth-order valence-corrected chi connectivity index (χ4v) is 4.01. The van der Waals surface area contributed by atoms with Crippen molar-refractivity contribution in [2.45, 2.75) is 58.9 Å². The van der Waals surface area contributed by atoms with E-state index in [0.29, 0.717) is 11.5 Å². The van der Waals surface area contributed by atoms with Gasteiger partial charge in [0.05, 0.1) is 0 Å². The average molecular weight is 195 g/mol. The Hall–Kier alpha value is -0.0400. The standard InChI is InChI=1S/C13H25N/c1-9-4-11-6-12(5-9)8-13(3,7-11)10(2)14/h9-12H,4-8,14H2,1-3H3. The fraction of sp³-hybridized carbons (Fsp3) is 1.00. The first-order valence-electron chi connectivity index (χ1n) is 6.25. The third kappa shape index (κ3) is 1.84. The van der Waals surface area contributed by atoms with E-state index in [0.717, 1.165) is 17.8 Å². The van der Waals surface area contributed by atoms with Crippen molar-refractivity contribution in [2.24, 2.45) is 28.9 Å². The van der Waals surface area contributed by atoms with E-state index in [-0.39, 0.29) is 0 Å². The van der Waals surface area contributed by atoms with Gasteiger partial charge in [-0.15, -0.1) is 0 Å². The Morgan fingerprint density at radius 2 is 1.64 bits per heavy atom. The lowest BCUT2D eigenvalue weighted by Gasteiger charge is -2.49. The molecule has 0 radical (unpaired) electrons. The summed E-state index contributed by atoms with van der Waals surface area (Å²) >= 11 is 0. The Balaban J connectivity index is 2.08. The molecule has 1 nitrogen and oxygen atoms in total. The molecule has 14 heavy (non-hydrogen) atoms. The predicted molar refractivity (Wildman–Crippen MR) is 61.0 cm³/mol. The first kappa shape index (κ1) is 10.5. The van der Waals surface area contributed by atoms with Crippen molar-refractivity contribution in [1.29, 1.82) is 0 Å². The minimum atomic E-state index is 0.376. The Morgan fingerprint density at radius 3 is 2.07 bits per heavy atom. The smallest absolute Gasteiger partial charge is 0.00645 e. The van der Waals surface area contributed by atoms with Crippen molar-refractivity contribution in [1.82, 2.24) is 0 Å². The van der Waals surface area contributed by atoms with E-state index in [1.54, 1.807) is 0 Å². The van der Waals surface area contributed by atoms with Crippen LogP contribution in [0, 0.1) is 23.2 Å². The summed E-state index contributed by atoms with van der Waals surface area (Å²) in [5, 5.41) is 0. The van der Waals surface area contributed by atoms with Crippen molar-refractivity contribution in [3.8, 4) is 0 Å². The van der Waals surface area contributed by atoms with Crippen LogP contribution in [0.3, 0.4) is 0 Å². The molecule has 0 aliphatic heterocycles. The summed E-state index contributed by atoms with van der Waals surface area (Å²) in [7, 11) is 0. The molecule has 0 heterocycles. The van der Waals surface area contributed by atoms with Gasteiger partial charge in [0.15, 0.2) is 0 Å². The molecule has 2 saturated carbocycles. The molecule has 3 atom stereocenters. The number of fused-ring (bicyclic) bond motifs is 2. The second-order valence-electron chi connectivity index (χ2n) is 6.40. The van der Waals surface area contributed by atoms with E-state index in [1.165, 1.54) is 32.1 Å². The highest BCUT2D eigenvalue weighted by molar-refractivity contribution is 4.95. The lowest BCUT2D eigenvalue weighted by Crippen LogP contribution is -2.45. The van der Waals surface area contributed by atoms with Crippen molar-refractivity contribution in [3.63, 3.8) is 0 Å². The topological polar surface area (TPSA) is 26.0 Å². The maximum Gasteiger partial charge on any atom is 0.00645 e. The predicted octanol–water partition coefficient (Wildman–Crippen LogP) is 3.19. The first-order valence-corrected chi connectivity index (χ1v) is 6.25. The van der Waals surface area contributed by atoms with Crippen LogP contribution >= 0.6 is 0 Å². The minimum Gasteiger partial charge on any atom is -0.327 e. The van der Waals surface area contributed by atoms with E-state index in [1.807, 2.05) is 0 Å². The van der Waals surface area contributed by atoms with Gasteiger partial charge in [-0.3, -0.25) is 0 Å². The molecule has 3 unspecified atom stereocenters. The highest BCUT2D eigenvalue weighted by Crippen LogP contribution is 2.51. The highest BCUT2D eigenvalue weighted by Gasteiger charge is 2.42. The maximum absolute atomic E-state index is 6.14. The molecule has 0 amide bonds. The van der Waals surface area contributed by atoms with Crippen LogP contribution in [0.5, 0.6) is 0 Å². The van der Waals surface area contributed by atoms with Gasteiger partial charge in [-0.2, -0.15) is 0 Å². The quantitative estimate of drug-likeness (QED) is 0.683. The molecule has 1 heteroatoms. The van der Waals surface area contributed by atoms with Gasteiger partial charge in [-0.25, -0.2) is 0 Å². The Kier molecular flexibility index (Phi) is 2.63. The van der Waals surface area contributed by atoms with Gasteiger partial charge in [0, 0.05) is 6.04 Å². The second kappa shape index (κ2) is 3.52. The maximum atomic E-state index is 6.14. The van der Waals surface area contributed by atoms with Crippen LogP contribution in [-0.2, 0) is 0 Å². The van der Waals surface area contributed by atoms with E-state index < -0.39 is 0 Å². The summed E-state index contributed by atoms with van der Waals surface area (Å²) in [6, 6.07) is 0.376. The van der Waals surface area contributed by atoms with Gasteiger partial charge in [-0.1, -0.05) is 13.8 Å². The van der Waals surface area contributed by atoms with Crippen LogP contribution in [0.1, 0.15) is 52.9 Å². The molecule has 2 N–H and O–H groups in total. The molecule has 0 saturated heterocycles. The summed E-state index contributed by atoms with van der Waals surface area (Å²) in [4.78, 5) is 0. The molecule has 2 rings (SSSR count).